The number of rotatable bonds is 4. The van der Waals surface area contributed by atoms with E-state index in [0.717, 1.165) is 5.56 Å². The third kappa shape index (κ3) is 4.30. The number of aliphatic hydroxyl groups is 1. The Balaban J connectivity index is 0.00000225. The lowest BCUT2D eigenvalue weighted by atomic mass is 9.95. The van der Waals surface area contributed by atoms with Crippen molar-refractivity contribution in [2.45, 2.75) is 32.4 Å². The summed E-state index contributed by atoms with van der Waals surface area (Å²) in [4.78, 5) is 0. The van der Waals surface area contributed by atoms with Crippen molar-refractivity contribution >= 4 is 24.0 Å². The van der Waals surface area contributed by atoms with E-state index in [9.17, 15) is 5.11 Å². The Morgan fingerprint density at radius 2 is 1.88 bits per heavy atom. The van der Waals surface area contributed by atoms with Gasteiger partial charge in [0, 0.05) is 5.02 Å². The molecule has 2 nitrogen and oxygen atoms in total. The molecule has 1 rings (SSSR count). The number of benzene rings is 1. The van der Waals surface area contributed by atoms with E-state index in [0.29, 0.717) is 17.4 Å². The van der Waals surface area contributed by atoms with E-state index in [-0.39, 0.29) is 12.4 Å². The summed E-state index contributed by atoms with van der Waals surface area (Å²) in [5, 5.41) is 10.5. The second kappa shape index (κ2) is 7.13. The van der Waals surface area contributed by atoms with Gasteiger partial charge < -0.3 is 10.8 Å². The first kappa shape index (κ1) is 15.7. The highest BCUT2D eigenvalue weighted by molar-refractivity contribution is 6.31. The maximum absolute atomic E-state index is 9.88. The van der Waals surface area contributed by atoms with E-state index in [1.807, 2.05) is 18.2 Å². The van der Waals surface area contributed by atoms with Crippen LogP contribution < -0.4 is 5.73 Å². The number of aliphatic hydroxyl groups excluding tert-OH is 1. The number of nitrogens with two attached hydrogens (primary N) is 1. The Morgan fingerprint density at radius 3 is 2.38 bits per heavy atom. The second-order valence-corrected chi connectivity index (χ2v) is 4.65. The molecule has 0 heterocycles. The maximum atomic E-state index is 9.88. The fourth-order valence-corrected chi connectivity index (χ4v) is 1.84. The summed E-state index contributed by atoms with van der Waals surface area (Å²) in [6.45, 7) is 4.12. The van der Waals surface area contributed by atoms with Crippen molar-refractivity contribution in [3.05, 3.63) is 34.9 Å². The summed E-state index contributed by atoms with van der Waals surface area (Å²) in [5.41, 5.74) is 6.77. The van der Waals surface area contributed by atoms with Gasteiger partial charge in [0.05, 0.1) is 12.1 Å². The van der Waals surface area contributed by atoms with Gasteiger partial charge in [-0.25, -0.2) is 0 Å². The number of halogens is 2. The molecule has 0 aromatic heterocycles. The van der Waals surface area contributed by atoms with Gasteiger partial charge in [0.15, 0.2) is 0 Å². The third-order valence-corrected chi connectivity index (χ3v) is 2.74. The van der Waals surface area contributed by atoms with Crippen molar-refractivity contribution in [2.24, 2.45) is 11.7 Å². The molecule has 0 spiro atoms. The van der Waals surface area contributed by atoms with Crippen molar-refractivity contribution < 1.29 is 5.11 Å². The first-order valence-corrected chi connectivity index (χ1v) is 5.58. The van der Waals surface area contributed by atoms with Crippen LogP contribution in [0.15, 0.2) is 24.3 Å². The van der Waals surface area contributed by atoms with Crippen LogP contribution >= 0.6 is 24.0 Å². The summed E-state index contributed by atoms with van der Waals surface area (Å²) >= 11 is 6.01. The van der Waals surface area contributed by atoms with Crippen molar-refractivity contribution in [3.8, 4) is 0 Å². The largest absolute Gasteiger partial charge is 0.391 e. The number of hydrogen-bond donors (Lipinski definition) is 2. The molecule has 0 amide bonds. The molecule has 0 aliphatic rings. The van der Waals surface area contributed by atoms with Crippen LogP contribution in [-0.4, -0.2) is 11.2 Å². The highest BCUT2D eigenvalue weighted by Gasteiger charge is 2.19. The molecule has 1 aromatic carbocycles. The third-order valence-electron chi connectivity index (χ3n) is 2.39. The Labute approximate surface area is 108 Å². The van der Waals surface area contributed by atoms with Gasteiger partial charge in [0.25, 0.3) is 0 Å². The fraction of sp³-hybridized carbons (Fsp3) is 0.500. The molecular weight excluding hydrogens is 245 g/mol. The predicted molar refractivity (Wildman–Crippen MR) is 71.1 cm³/mol. The van der Waals surface area contributed by atoms with Crippen LogP contribution in [0.2, 0.25) is 5.02 Å². The zero-order chi connectivity index (χ0) is 11.4. The topological polar surface area (TPSA) is 46.2 Å². The lowest BCUT2D eigenvalue weighted by Gasteiger charge is -2.21. The maximum Gasteiger partial charge on any atom is 0.0735 e. The van der Waals surface area contributed by atoms with Crippen LogP contribution in [0, 0.1) is 5.92 Å². The molecule has 0 unspecified atom stereocenters. The summed E-state index contributed by atoms with van der Waals surface area (Å²) in [6.07, 6.45) is 0.150. The molecule has 0 radical (unpaired) electrons. The molecule has 3 N–H and O–H groups in total. The van der Waals surface area contributed by atoms with E-state index in [1.165, 1.54) is 0 Å². The van der Waals surface area contributed by atoms with Crippen molar-refractivity contribution in [1.29, 1.82) is 0 Å². The van der Waals surface area contributed by atoms with E-state index in [4.69, 9.17) is 17.3 Å². The van der Waals surface area contributed by atoms with Crippen LogP contribution in [0.5, 0.6) is 0 Å². The molecule has 2 atom stereocenters. The SMILES string of the molecule is CC(C)C[C@H](O)[C@H](N)c1ccccc1Cl.Cl. The van der Waals surface area contributed by atoms with E-state index in [1.54, 1.807) is 6.07 Å². The summed E-state index contributed by atoms with van der Waals surface area (Å²) < 4.78 is 0. The van der Waals surface area contributed by atoms with Gasteiger partial charge in [-0.3, -0.25) is 0 Å². The first-order valence-electron chi connectivity index (χ1n) is 5.20. The van der Waals surface area contributed by atoms with Crippen LogP contribution in [0.4, 0.5) is 0 Å². The molecule has 0 aliphatic heterocycles. The zero-order valence-corrected chi connectivity index (χ0v) is 11.1. The lowest BCUT2D eigenvalue weighted by molar-refractivity contribution is 0.121. The molecule has 0 aliphatic carbocycles. The molecule has 0 bridgehead atoms. The van der Waals surface area contributed by atoms with Crippen LogP contribution in [0.3, 0.4) is 0 Å². The minimum atomic E-state index is -0.537. The Hall–Kier alpha value is -0.280. The first-order chi connectivity index (χ1) is 7.02. The average molecular weight is 264 g/mol. The van der Waals surface area contributed by atoms with Crippen molar-refractivity contribution in [1.82, 2.24) is 0 Å². The molecule has 0 saturated carbocycles. The molecule has 92 valence electrons. The lowest BCUT2D eigenvalue weighted by Crippen LogP contribution is -2.27. The summed E-state index contributed by atoms with van der Waals surface area (Å²) in [5.74, 6) is 0.425. The van der Waals surface area contributed by atoms with Gasteiger partial charge in [0.1, 0.15) is 0 Å². The minimum Gasteiger partial charge on any atom is -0.391 e. The number of hydrogen-bond acceptors (Lipinski definition) is 2. The summed E-state index contributed by atoms with van der Waals surface area (Å²) in [7, 11) is 0. The smallest absolute Gasteiger partial charge is 0.0735 e. The van der Waals surface area contributed by atoms with Crippen molar-refractivity contribution in [3.63, 3.8) is 0 Å². The second-order valence-electron chi connectivity index (χ2n) is 4.24. The molecule has 0 fully saturated rings. The monoisotopic (exact) mass is 263 g/mol. The Morgan fingerprint density at radius 1 is 1.31 bits per heavy atom. The molecule has 1 aromatic rings. The van der Waals surface area contributed by atoms with Gasteiger partial charge in [0.2, 0.25) is 0 Å². The van der Waals surface area contributed by atoms with E-state index < -0.39 is 12.1 Å². The Kier molecular flexibility index (Phi) is 7.00. The fourth-order valence-electron chi connectivity index (χ4n) is 1.58. The van der Waals surface area contributed by atoms with Crippen molar-refractivity contribution in [2.75, 3.05) is 0 Å². The van der Waals surface area contributed by atoms with Gasteiger partial charge in [-0.05, 0) is 24.0 Å². The van der Waals surface area contributed by atoms with Gasteiger partial charge in [-0.2, -0.15) is 0 Å². The quantitative estimate of drug-likeness (QED) is 0.877. The molecule has 0 saturated heterocycles. The van der Waals surface area contributed by atoms with E-state index in [2.05, 4.69) is 13.8 Å². The predicted octanol–water partition coefficient (Wildman–Crippen LogP) is 3.17. The highest BCUT2D eigenvalue weighted by atomic mass is 35.5. The Bertz CT molecular complexity index is 318. The normalized spacial score (nSPS) is 14.4. The van der Waals surface area contributed by atoms with Gasteiger partial charge in [-0.15, -0.1) is 12.4 Å². The molecule has 16 heavy (non-hydrogen) atoms. The minimum absolute atomic E-state index is 0. The summed E-state index contributed by atoms with van der Waals surface area (Å²) in [6, 6.07) is 6.98. The van der Waals surface area contributed by atoms with Crippen LogP contribution in [0.1, 0.15) is 31.9 Å². The average Bonchev–Trinajstić information content (AvgIpc) is 2.16. The van der Waals surface area contributed by atoms with Gasteiger partial charge in [-0.1, -0.05) is 43.6 Å². The standard InChI is InChI=1S/C12H18ClNO.ClH/c1-8(2)7-11(15)12(14)9-5-3-4-6-10(9)13;/h3-6,8,11-12,15H,7,14H2,1-2H3;1H/t11-,12+;/m0./s1. The molecule has 4 heteroatoms. The van der Waals surface area contributed by atoms with Crippen LogP contribution in [0.25, 0.3) is 0 Å². The molecular formula is C12H19Cl2NO. The van der Waals surface area contributed by atoms with E-state index >= 15 is 0 Å². The zero-order valence-electron chi connectivity index (χ0n) is 9.56. The van der Waals surface area contributed by atoms with Gasteiger partial charge >= 0.3 is 0 Å². The highest BCUT2D eigenvalue weighted by Crippen LogP contribution is 2.25. The van der Waals surface area contributed by atoms with Crippen LogP contribution in [-0.2, 0) is 0 Å².